The molecule has 0 fully saturated rings. The topological polar surface area (TPSA) is 182 Å². The maximum atomic E-state index is 13.4. The first-order valence-electron chi connectivity index (χ1n) is 11.6. The van der Waals surface area contributed by atoms with Crippen LogP contribution in [0.5, 0.6) is 0 Å². The lowest BCUT2D eigenvalue weighted by Gasteiger charge is -2.21. The van der Waals surface area contributed by atoms with Crippen LogP contribution in [0.25, 0.3) is 11.0 Å². The van der Waals surface area contributed by atoms with E-state index in [9.17, 15) is 14.4 Å². The number of nitrogens with zero attached hydrogens (tertiary/aromatic N) is 5. The highest BCUT2D eigenvalue weighted by Crippen LogP contribution is 2.21. The molecule has 2 aromatic heterocycles. The molecule has 0 saturated carbocycles. The van der Waals surface area contributed by atoms with Gasteiger partial charge in [-0.05, 0) is 54.6 Å². The highest BCUT2D eigenvalue weighted by Gasteiger charge is 2.20. The summed E-state index contributed by atoms with van der Waals surface area (Å²) in [7, 11) is 1.88. The molecular formula is C26H26N8O4. The van der Waals surface area contributed by atoms with E-state index >= 15 is 0 Å². The Balaban J connectivity index is 1.52. The molecule has 0 unspecified atom stereocenters. The van der Waals surface area contributed by atoms with Crippen LogP contribution in [0.3, 0.4) is 0 Å². The number of anilines is 2. The number of carbonyl (C=O) groups excluding carboxylic acids is 2. The summed E-state index contributed by atoms with van der Waals surface area (Å²) in [6.45, 7) is 0.498. The first-order chi connectivity index (χ1) is 18.2. The van der Waals surface area contributed by atoms with Crippen LogP contribution in [-0.2, 0) is 18.4 Å². The van der Waals surface area contributed by atoms with Gasteiger partial charge in [0.2, 0.25) is 5.91 Å². The molecular weight excluding hydrogens is 488 g/mol. The van der Waals surface area contributed by atoms with Crippen molar-refractivity contribution in [3.05, 3.63) is 83.8 Å². The van der Waals surface area contributed by atoms with Gasteiger partial charge in [-0.1, -0.05) is 6.07 Å². The molecule has 0 saturated heterocycles. The lowest BCUT2D eigenvalue weighted by Crippen LogP contribution is -2.34. The maximum absolute atomic E-state index is 13.4. The minimum Gasteiger partial charge on any atom is -0.463 e. The minimum absolute atomic E-state index is 0.00386. The molecule has 4 aromatic rings. The van der Waals surface area contributed by atoms with Gasteiger partial charge in [0.25, 0.3) is 5.91 Å². The fraction of sp³-hybridized carbons (Fsp3) is 0.154. The summed E-state index contributed by atoms with van der Waals surface area (Å²) in [5.41, 5.74) is 14.1. The van der Waals surface area contributed by atoms with Gasteiger partial charge in [0.15, 0.2) is 0 Å². The number of primary amides is 1. The molecule has 0 atom stereocenters. The quantitative estimate of drug-likeness (QED) is 0.194. The van der Waals surface area contributed by atoms with E-state index in [1.165, 1.54) is 4.90 Å². The largest absolute Gasteiger partial charge is 0.463 e. The summed E-state index contributed by atoms with van der Waals surface area (Å²) in [6, 6.07) is 17.3. The summed E-state index contributed by atoms with van der Waals surface area (Å²) < 4.78 is 1.92. The third-order valence-corrected chi connectivity index (χ3v) is 5.82. The second kappa shape index (κ2) is 11.2. The number of nitrogens with two attached hydrogens (primary N) is 2. The SMILES string of the molecule is Cn1c(CNc2ccc(C(N)=NC(=O)O)cc2)nc2cc(C(=O)N(CCC(N)=O)c3ccccn3)ccc21. The number of imidazole rings is 1. The summed E-state index contributed by atoms with van der Waals surface area (Å²) in [6.07, 6.45) is 0.225. The van der Waals surface area contributed by atoms with Crippen molar-refractivity contribution >= 4 is 46.3 Å². The van der Waals surface area contributed by atoms with Crippen molar-refractivity contribution in [1.82, 2.24) is 14.5 Å². The molecule has 0 bridgehead atoms. The molecule has 0 aliphatic carbocycles. The van der Waals surface area contributed by atoms with Gasteiger partial charge in [-0.2, -0.15) is 4.99 Å². The first kappa shape index (κ1) is 25.8. The van der Waals surface area contributed by atoms with Gasteiger partial charge in [0.1, 0.15) is 17.5 Å². The Hall–Kier alpha value is -5.26. The molecule has 0 spiro atoms. The predicted octanol–water partition coefficient (Wildman–Crippen LogP) is 2.49. The number of aryl methyl sites for hydroxylation is 1. The summed E-state index contributed by atoms with van der Waals surface area (Å²) in [4.78, 5) is 49.1. The third kappa shape index (κ3) is 5.93. The van der Waals surface area contributed by atoms with Crippen LogP contribution in [0.1, 0.15) is 28.2 Å². The summed E-state index contributed by atoms with van der Waals surface area (Å²) in [5.74, 6) is 0.245. The van der Waals surface area contributed by atoms with Crippen LogP contribution >= 0.6 is 0 Å². The number of fused-ring (bicyclic) bond motifs is 1. The number of rotatable bonds is 9. The normalized spacial score (nSPS) is 11.3. The number of aromatic nitrogens is 3. The molecule has 4 rings (SSSR count). The molecule has 0 radical (unpaired) electrons. The van der Waals surface area contributed by atoms with E-state index in [2.05, 4.69) is 15.3 Å². The van der Waals surface area contributed by atoms with E-state index in [1.54, 1.807) is 60.8 Å². The minimum atomic E-state index is -1.36. The maximum Gasteiger partial charge on any atom is 0.433 e. The number of aliphatic imine (C=N–C) groups is 1. The van der Waals surface area contributed by atoms with Crippen molar-refractivity contribution in [2.75, 3.05) is 16.8 Å². The number of nitrogens with one attached hydrogen (secondary N) is 1. The van der Waals surface area contributed by atoms with E-state index in [-0.39, 0.29) is 24.7 Å². The number of pyridine rings is 1. The van der Waals surface area contributed by atoms with Crippen LogP contribution in [-0.4, -0.2) is 49.9 Å². The number of benzene rings is 2. The molecule has 2 heterocycles. The molecule has 2 aromatic carbocycles. The van der Waals surface area contributed by atoms with E-state index in [0.29, 0.717) is 29.0 Å². The lowest BCUT2D eigenvalue weighted by atomic mass is 10.1. The van der Waals surface area contributed by atoms with Crippen LogP contribution < -0.4 is 21.7 Å². The Morgan fingerprint density at radius 3 is 2.45 bits per heavy atom. The number of amides is 3. The van der Waals surface area contributed by atoms with Crippen molar-refractivity contribution in [1.29, 1.82) is 0 Å². The number of carbonyl (C=O) groups is 3. The summed E-state index contributed by atoms with van der Waals surface area (Å²) >= 11 is 0. The smallest absolute Gasteiger partial charge is 0.433 e. The second-order valence-electron chi connectivity index (χ2n) is 8.36. The zero-order valence-electron chi connectivity index (χ0n) is 20.5. The van der Waals surface area contributed by atoms with Crippen molar-refractivity contribution in [3.63, 3.8) is 0 Å². The van der Waals surface area contributed by atoms with E-state index in [4.69, 9.17) is 21.6 Å². The van der Waals surface area contributed by atoms with E-state index < -0.39 is 12.0 Å². The molecule has 6 N–H and O–H groups in total. The Morgan fingerprint density at radius 2 is 1.79 bits per heavy atom. The molecule has 0 aliphatic heterocycles. The molecule has 0 aliphatic rings. The Kier molecular flexibility index (Phi) is 7.61. The monoisotopic (exact) mass is 514 g/mol. The number of carboxylic acid groups (broad SMARTS) is 1. The Labute approximate surface area is 217 Å². The Morgan fingerprint density at radius 1 is 1.05 bits per heavy atom. The summed E-state index contributed by atoms with van der Waals surface area (Å²) in [5, 5.41) is 12.0. The molecule has 12 nitrogen and oxygen atoms in total. The zero-order chi connectivity index (χ0) is 27.2. The van der Waals surface area contributed by atoms with Crippen molar-refractivity contribution < 1.29 is 19.5 Å². The fourth-order valence-corrected chi connectivity index (χ4v) is 3.86. The highest BCUT2D eigenvalue weighted by molar-refractivity contribution is 6.07. The fourth-order valence-electron chi connectivity index (χ4n) is 3.86. The van der Waals surface area contributed by atoms with Gasteiger partial charge in [-0.25, -0.2) is 14.8 Å². The molecule has 38 heavy (non-hydrogen) atoms. The standard InChI is InChI=1S/C26H26N8O4/c1-33-20-10-7-17(25(36)34(13-11-21(27)35)22-4-2-3-12-29-22)14-19(20)31-23(33)15-30-18-8-5-16(6-9-18)24(28)32-26(37)38/h2-10,12,14,30H,11,13,15H2,1H3,(H2,27,35)(H2,28,32)(H,37,38). The van der Waals surface area contributed by atoms with Gasteiger partial charge in [0.05, 0.1) is 17.6 Å². The second-order valence-corrected chi connectivity index (χ2v) is 8.36. The predicted molar refractivity (Wildman–Crippen MR) is 143 cm³/mol. The van der Waals surface area contributed by atoms with Crippen molar-refractivity contribution in [2.45, 2.75) is 13.0 Å². The van der Waals surface area contributed by atoms with Gasteiger partial charge < -0.3 is 26.5 Å². The number of hydrogen-bond acceptors (Lipinski definition) is 6. The first-order valence-corrected chi connectivity index (χ1v) is 11.6. The molecule has 3 amide bonds. The van der Waals surface area contributed by atoms with Gasteiger partial charge in [-0.15, -0.1) is 0 Å². The highest BCUT2D eigenvalue weighted by atomic mass is 16.4. The van der Waals surface area contributed by atoms with Crippen LogP contribution in [0.2, 0.25) is 0 Å². The lowest BCUT2D eigenvalue weighted by molar-refractivity contribution is -0.117. The van der Waals surface area contributed by atoms with Gasteiger partial charge in [-0.3, -0.25) is 14.5 Å². The van der Waals surface area contributed by atoms with Crippen LogP contribution in [0.15, 0.2) is 71.9 Å². The number of hydrogen-bond donors (Lipinski definition) is 4. The van der Waals surface area contributed by atoms with Crippen LogP contribution in [0, 0.1) is 0 Å². The Bertz CT molecular complexity index is 1510. The average Bonchev–Trinajstić information content (AvgIpc) is 3.22. The van der Waals surface area contributed by atoms with Crippen molar-refractivity contribution in [2.24, 2.45) is 23.5 Å². The van der Waals surface area contributed by atoms with Crippen LogP contribution in [0.4, 0.5) is 16.3 Å². The van der Waals surface area contributed by atoms with E-state index in [1.807, 2.05) is 17.7 Å². The molecule has 194 valence electrons. The third-order valence-electron chi connectivity index (χ3n) is 5.82. The van der Waals surface area contributed by atoms with Gasteiger partial charge in [0, 0.05) is 43.0 Å². The number of amidine groups is 1. The van der Waals surface area contributed by atoms with E-state index in [0.717, 1.165) is 17.0 Å². The van der Waals surface area contributed by atoms with Crippen molar-refractivity contribution in [3.8, 4) is 0 Å². The molecule has 12 heteroatoms. The van der Waals surface area contributed by atoms with Gasteiger partial charge >= 0.3 is 6.09 Å². The zero-order valence-corrected chi connectivity index (χ0v) is 20.5. The average molecular weight is 515 g/mol.